The number of likely N-dealkylation sites (tertiary alicyclic amines) is 1. The number of esters is 1. The van der Waals surface area contributed by atoms with Gasteiger partial charge in [-0.1, -0.05) is 24.3 Å². The maximum atomic E-state index is 13.3. The van der Waals surface area contributed by atoms with E-state index in [1.54, 1.807) is 43.3 Å². The van der Waals surface area contributed by atoms with E-state index >= 15 is 0 Å². The van der Waals surface area contributed by atoms with E-state index in [0.29, 0.717) is 43.8 Å². The third-order valence-corrected chi connectivity index (χ3v) is 6.10. The molecule has 0 aromatic heterocycles. The minimum atomic E-state index is -0.388. The molecule has 31 heavy (non-hydrogen) atoms. The van der Waals surface area contributed by atoms with Crippen molar-refractivity contribution in [3.63, 3.8) is 0 Å². The van der Waals surface area contributed by atoms with Gasteiger partial charge in [0.2, 0.25) is 0 Å². The highest BCUT2D eigenvalue weighted by atomic mass is 19.1. The van der Waals surface area contributed by atoms with Crippen molar-refractivity contribution in [2.45, 2.75) is 19.3 Å². The molecule has 2 aliphatic heterocycles. The molecule has 2 atom stereocenters. The van der Waals surface area contributed by atoms with Gasteiger partial charge in [-0.05, 0) is 55.6 Å². The molecular weight excluding hydrogens is 399 g/mol. The van der Waals surface area contributed by atoms with Crippen molar-refractivity contribution in [1.82, 2.24) is 9.80 Å². The summed E-state index contributed by atoms with van der Waals surface area (Å²) in [4.78, 5) is 41.2. The molecule has 2 amide bonds. The molecule has 4 rings (SSSR count). The van der Waals surface area contributed by atoms with Crippen LogP contribution in [0.15, 0.2) is 48.5 Å². The number of nitrogens with zero attached hydrogens (tertiary/aromatic N) is 2. The Morgan fingerprint density at radius 2 is 1.68 bits per heavy atom. The van der Waals surface area contributed by atoms with Crippen molar-refractivity contribution in [3.8, 4) is 0 Å². The Labute approximate surface area is 180 Å². The molecule has 0 N–H and O–H groups in total. The smallest absolute Gasteiger partial charge is 0.310 e. The third kappa shape index (κ3) is 4.23. The maximum absolute atomic E-state index is 13.3. The first-order valence-corrected chi connectivity index (χ1v) is 10.6. The molecule has 6 nitrogen and oxygen atoms in total. The van der Waals surface area contributed by atoms with Crippen LogP contribution >= 0.6 is 0 Å². The van der Waals surface area contributed by atoms with Gasteiger partial charge >= 0.3 is 5.97 Å². The zero-order valence-electron chi connectivity index (χ0n) is 17.4. The van der Waals surface area contributed by atoms with E-state index < -0.39 is 0 Å². The van der Waals surface area contributed by atoms with Crippen LogP contribution in [0.5, 0.6) is 0 Å². The van der Waals surface area contributed by atoms with Gasteiger partial charge in [0.25, 0.3) is 11.8 Å². The molecular formula is C24H25FN2O4. The highest BCUT2D eigenvalue weighted by molar-refractivity contribution is 6.21. The summed E-state index contributed by atoms with van der Waals surface area (Å²) < 4.78 is 18.6. The third-order valence-electron chi connectivity index (χ3n) is 6.10. The SMILES string of the molecule is CCOC(=O)[C@H]1CN(CCN2C(=O)c3ccccc3C2=O)CC[C@H]1c1ccc(F)cc1. The average molecular weight is 424 g/mol. The summed E-state index contributed by atoms with van der Waals surface area (Å²) in [6, 6.07) is 13.1. The summed E-state index contributed by atoms with van der Waals surface area (Å²) in [5.41, 5.74) is 1.79. The van der Waals surface area contributed by atoms with Gasteiger partial charge in [0.15, 0.2) is 0 Å². The molecule has 2 aromatic carbocycles. The van der Waals surface area contributed by atoms with E-state index in [-0.39, 0.29) is 42.0 Å². The standard InChI is InChI=1S/C24H25FN2O4/c1-2-31-24(30)21-15-26(12-11-18(21)16-7-9-17(25)10-8-16)13-14-27-22(28)19-5-3-4-6-20(19)23(27)29/h3-10,18,21H,2,11-15H2,1H3/t18-,21-/m0/s1. The summed E-state index contributed by atoms with van der Waals surface area (Å²) in [7, 11) is 0. The lowest BCUT2D eigenvalue weighted by Gasteiger charge is -2.38. The zero-order chi connectivity index (χ0) is 22.0. The topological polar surface area (TPSA) is 66.9 Å². The van der Waals surface area contributed by atoms with Crippen LogP contribution in [-0.4, -0.2) is 60.4 Å². The maximum Gasteiger partial charge on any atom is 0.310 e. The Hall–Kier alpha value is -3.06. The van der Waals surface area contributed by atoms with Crippen LogP contribution in [0.1, 0.15) is 45.5 Å². The van der Waals surface area contributed by atoms with Gasteiger partial charge in [0.1, 0.15) is 5.82 Å². The molecule has 2 heterocycles. The first-order valence-electron chi connectivity index (χ1n) is 10.6. The van der Waals surface area contributed by atoms with Gasteiger partial charge < -0.3 is 9.64 Å². The fourth-order valence-electron chi connectivity index (χ4n) is 4.50. The fraction of sp³-hybridized carbons (Fsp3) is 0.375. The van der Waals surface area contributed by atoms with Crippen LogP contribution < -0.4 is 0 Å². The normalized spacial score (nSPS) is 21.3. The number of halogens is 1. The number of carbonyl (C=O) groups is 3. The van der Waals surface area contributed by atoms with E-state index in [9.17, 15) is 18.8 Å². The Morgan fingerprint density at radius 1 is 1.03 bits per heavy atom. The fourth-order valence-corrected chi connectivity index (χ4v) is 4.50. The number of ether oxygens (including phenoxy) is 1. The number of hydrogen-bond acceptors (Lipinski definition) is 5. The number of piperidine rings is 1. The van der Waals surface area contributed by atoms with Crippen LogP contribution in [0.2, 0.25) is 0 Å². The van der Waals surface area contributed by atoms with Gasteiger partial charge in [0, 0.05) is 19.6 Å². The van der Waals surface area contributed by atoms with Gasteiger partial charge in [-0.2, -0.15) is 0 Å². The van der Waals surface area contributed by atoms with Crippen LogP contribution in [0.3, 0.4) is 0 Å². The Kier molecular flexibility index (Phi) is 6.13. The average Bonchev–Trinajstić information content (AvgIpc) is 3.03. The van der Waals surface area contributed by atoms with Crippen molar-refractivity contribution >= 4 is 17.8 Å². The largest absolute Gasteiger partial charge is 0.466 e. The Morgan fingerprint density at radius 3 is 2.29 bits per heavy atom. The number of amides is 2. The van der Waals surface area contributed by atoms with Crippen LogP contribution in [0, 0.1) is 11.7 Å². The molecule has 2 aromatic rings. The Balaban J connectivity index is 1.44. The lowest BCUT2D eigenvalue weighted by Crippen LogP contribution is -2.46. The predicted molar refractivity (Wildman–Crippen MR) is 112 cm³/mol. The molecule has 1 fully saturated rings. The second kappa shape index (κ2) is 8.98. The molecule has 0 saturated carbocycles. The zero-order valence-corrected chi connectivity index (χ0v) is 17.4. The van der Waals surface area contributed by atoms with Gasteiger partial charge in [-0.3, -0.25) is 19.3 Å². The van der Waals surface area contributed by atoms with E-state index in [0.717, 1.165) is 5.56 Å². The number of carbonyl (C=O) groups excluding carboxylic acids is 3. The van der Waals surface area contributed by atoms with E-state index in [1.165, 1.54) is 17.0 Å². The number of benzene rings is 2. The van der Waals surface area contributed by atoms with Crippen LogP contribution in [-0.2, 0) is 9.53 Å². The summed E-state index contributed by atoms with van der Waals surface area (Å²) in [5.74, 6) is -1.58. The summed E-state index contributed by atoms with van der Waals surface area (Å²) in [5, 5.41) is 0. The van der Waals surface area contributed by atoms with Crippen molar-refractivity contribution in [2.75, 3.05) is 32.8 Å². The van der Waals surface area contributed by atoms with Gasteiger partial charge in [-0.25, -0.2) is 4.39 Å². The molecule has 0 aliphatic carbocycles. The van der Waals surface area contributed by atoms with Crippen molar-refractivity contribution < 1.29 is 23.5 Å². The number of imide groups is 1. The lowest BCUT2D eigenvalue weighted by molar-refractivity contribution is -0.150. The summed E-state index contributed by atoms with van der Waals surface area (Å²) >= 11 is 0. The van der Waals surface area contributed by atoms with Crippen molar-refractivity contribution in [1.29, 1.82) is 0 Å². The monoisotopic (exact) mass is 424 g/mol. The predicted octanol–water partition coefficient (Wildman–Crippen LogP) is 3.09. The molecule has 0 spiro atoms. The van der Waals surface area contributed by atoms with Crippen molar-refractivity contribution in [2.24, 2.45) is 5.92 Å². The number of rotatable bonds is 6. The minimum Gasteiger partial charge on any atom is -0.466 e. The molecule has 0 unspecified atom stereocenters. The second-order valence-corrected chi connectivity index (χ2v) is 7.91. The van der Waals surface area contributed by atoms with Gasteiger partial charge in [-0.15, -0.1) is 0 Å². The van der Waals surface area contributed by atoms with E-state index in [1.807, 2.05) is 0 Å². The lowest BCUT2D eigenvalue weighted by atomic mass is 9.80. The molecule has 7 heteroatoms. The molecule has 1 saturated heterocycles. The summed E-state index contributed by atoms with van der Waals surface area (Å²) in [6.07, 6.45) is 0.706. The quantitative estimate of drug-likeness (QED) is 0.527. The molecule has 0 radical (unpaired) electrons. The molecule has 2 aliphatic rings. The first kappa shape index (κ1) is 21.2. The highest BCUT2D eigenvalue weighted by Gasteiger charge is 2.38. The highest BCUT2D eigenvalue weighted by Crippen LogP contribution is 2.34. The number of hydrogen-bond donors (Lipinski definition) is 0. The van der Waals surface area contributed by atoms with Crippen LogP contribution in [0.25, 0.3) is 0 Å². The minimum absolute atomic E-state index is 0.0600. The van der Waals surface area contributed by atoms with Crippen LogP contribution in [0.4, 0.5) is 4.39 Å². The van der Waals surface area contributed by atoms with E-state index in [4.69, 9.17) is 4.74 Å². The van der Waals surface area contributed by atoms with Gasteiger partial charge in [0.05, 0.1) is 23.7 Å². The Bertz CT molecular complexity index is 956. The molecule has 0 bridgehead atoms. The summed E-state index contributed by atoms with van der Waals surface area (Å²) in [6.45, 7) is 3.99. The molecule has 162 valence electrons. The first-order chi connectivity index (χ1) is 15.0. The number of fused-ring (bicyclic) bond motifs is 1. The van der Waals surface area contributed by atoms with E-state index in [2.05, 4.69) is 4.90 Å². The van der Waals surface area contributed by atoms with Crippen molar-refractivity contribution in [3.05, 3.63) is 71.0 Å². The second-order valence-electron chi connectivity index (χ2n) is 7.91.